The number of carbonyl (C=O) groups is 2. The Morgan fingerprint density at radius 3 is 2.33 bits per heavy atom. The number of benzene rings is 2. The fraction of sp³-hybridized carbons (Fsp3) is 0.707. The number of hydrogen-bond acceptors (Lipinski definition) is 19. The van der Waals surface area contributed by atoms with Crippen molar-refractivity contribution in [1.29, 1.82) is 0 Å². The van der Waals surface area contributed by atoms with Crippen LogP contribution in [0.1, 0.15) is 80.7 Å². The highest BCUT2D eigenvalue weighted by Crippen LogP contribution is 2.73. The molecule has 17 unspecified atom stereocenters. The van der Waals surface area contributed by atoms with Gasteiger partial charge in [-0.25, -0.2) is 0 Å². The second-order valence-electron chi connectivity index (χ2n) is 18.2. The van der Waals surface area contributed by atoms with Crippen molar-refractivity contribution in [2.75, 3.05) is 27.9 Å². The van der Waals surface area contributed by atoms with Crippen LogP contribution in [0.3, 0.4) is 0 Å². The van der Waals surface area contributed by atoms with E-state index >= 15 is 0 Å². The van der Waals surface area contributed by atoms with Gasteiger partial charge in [0.1, 0.15) is 35.1 Å². The third-order valence-corrected chi connectivity index (χ3v) is 15.8. The van der Waals surface area contributed by atoms with E-state index in [0.29, 0.717) is 5.56 Å². The van der Waals surface area contributed by atoms with Gasteiger partial charge in [-0.1, -0.05) is 26.8 Å². The van der Waals surface area contributed by atoms with E-state index in [1.165, 1.54) is 35.2 Å². The van der Waals surface area contributed by atoms with E-state index in [2.05, 4.69) is 0 Å². The van der Waals surface area contributed by atoms with Gasteiger partial charge in [0.2, 0.25) is 11.9 Å². The molecule has 326 valence electrons. The van der Waals surface area contributed by atoms with Crippen molar-refractivity contribution < 1.29 is 92.3 Å². The molecule has 19 nitrogen and oxygen atoms in total. The zero-order chi connectivity index (χ0) is 42.6. The molecule has 60 heavy (non-hydrogen) atoms. The van der Waals surface area contributed by atoms with Gasteiger partial charge in [0.05, 0.1) is 48.2 Å². The average Bonchev–Trinajstić information content (AvgIpc) is 3.69. The van der Waals surface area contributed by atoms with Crippen molar-refractivity contribution in [2.45, 2.75) is 131 Å². The van der Waals surface area contributed by atoms with Gasteiger partial charge < -0.3 is 82.7 Å². The van der Waals surface area contributed by atoms with Gasteiger partial charge in [-0.15, -0.1) is 0 Å². The minimum atomic E-state index is -2.00. The molecule has 7 fully saturated rings. The monoisotopic (exact) mass is 844 g/mol. The second kappa shape index (κ2) is 11.9. The van der Waals surface area contributed by atoms with E-state index in [9.17, 15) is 40.2 Å². The zero-order valence-corrected chi connectivity index (χ0v) is 33.8. The van der Waals surface area contributed by atoms with Gasteiger partial charge in [-0.2, -0.15) is 0 Å². The summed E-state index contributed by atoms with van der Waals surface area (Å²) in [6.07, 6.45) is -9.54. The first-order valence-corrected chi connectivity index (χ1v) is 20.2. The standard InChI is InChI=1S/C41H48O19/c1-14-32(46)35(4)12-23(56-39(14,35)49)54-20-10-19(43)27(44)26-25(20)29(50-5)17-8-9-18-30(24(17)28(26)45)58-40(57-22-11-21-37(47,16(3)42)15(2)38(21,48)55-22)33-31(18)59-41(60-33,34(51-6)52-7)36(40)13-53-36/h8-9,14-15,19-23,31-34,43,45-49H,10-13H2,1-7H3. The Morgan fingerprint density at radius 2 is 1.70 bits per heavy atom. The van der Waals surface area contributed by atoms with E-state index in [-0.39, 0.29) is 59.3 Å². The molecular weight excluding hydrogens is 796 g/mol. The number of epoxide rings is 1. The minimum absolute atomic E-state index is 0.0101. The van der Waals surface area contributed by atoms with Crippen LogP contribution >= 0.6 is 0 Å². The normalized spacial score (nSPS) is 49.9. The van der Waals surface area contributed by atoms with Crippen LogP contribution in [0, 0.1) is 23.2 Å². The summed E-state index contributed by atoms with van der Waals surface area (Å²) in [6, 6.07) is 3.33. The fourth-order valence-corrected chi connectivity index (χ4v) is 12.4. The van der Waals surface area contributed by atoms with E-state index < -0.39 is 124 Å². The zero-order valence-electron chi connectivity index (χ0n) is 33.8. The van der Waals surface area contributed by atoms with Crippen LogP contribution in [0.25, 0.3) is 10.8 Å². The summed E-state index contributed by atoms with van der Waals surface area (Å²) < 4.78 is 69.3. The molecule has 2 aromatic rings. The van der Waals surface area contributed by atoms with Crippen molar-refractivity contribution in [3.05, 3.63) is 28.8 Å². The maximum absolute atomic E-state index is 14.0. The molecule has 2 bridgehead atoms. The Morgan fingerprint density at radius 1 is 0.983 bits per heavy atom. The minimum Gasteiger partial charge on any atom is -0.506 e. The molecule has 11 rings (SSSR count). The Hall–Kier alpha value is -3.12. The van der Waals surface area contributed by atoms with Gasteiger partial charge >= 0.3 is 0 Å². The molecule has 2 aromatic carbocycles. The van der Waals surface area contributed by atoms with E-state index in [0.717, 1.165) is 0 Å². The Kier molecular flexibility index (Phi) is 7.88. The number of phenolic OH excluding ortho intramolecular Hbond substituents is 1. The van der Waals surface area contributed by atoms with Gasteiger partial charge in [0.15, 0.2) is 41.8 Å². The van der Waals surface area contributed by atoms with Crippen LogP contribution in [0.2, 0.25) is 0 Å². The van der Waals surface area contributed by atoms with Crippen molar-refractivity contribution in [3.8, 4) is 17.2 Å². The molecule has 5 saturated heterocycles. The molecule has 2 saturated carbocycles. The number of hydrogen-bond donors (Lipinski definition) is 6. The number of aromatic hydroxyl groups is 1. The molecule has 3 aliphatic carbocycles. The number of aliphatic hydroxyl groups excluding tert-OH is 2. The summed E-state index contributed by atoms with van der Waals surface area (Å²) in [5, 5.41) is 68.8. The number of ether oxygens (including phenoxy) is 11. The molecule has 0 aromatic heterocycles. The molecule has 6 aliphatic heterocycles. The van der Waals surface area contributed by atoms with Crippen molar-refractivity contribution in [3.63, 3.8) is 0 Å². The number of phenols is 1. The summed E-state index contributed by atoms with van der Waals surface area (Å²) in [7, 11) is 4.17. The largest absolute Gasteiger partial charge is 0.506 e. The fourth-order valence-electron chi connectivity index (χ4n) is 12.4. The average molecular weight is 845 g/mol. The van der Waals surface area contributed by atoms with Crippen LogP contribution < -0.4 is 9.47 Å². The van der Waals surface area contributed by atoms with Crippen molar-refractivity contribution in [2.24, 2.45) is 23.2 Å². The lowest BCUT2D eigenvalue weighted by molar-refractivity contribution is -0.399. The summed E-state index contributed by atoms with van der Waals surface area (Å²) in [5.74, 6) is -11.9. The lowest BCUT2D eigenvalue weighted by Gasteiger charge is -2.56. The highest BCUT2D eigenvalue weighted by molar-refractivity contribution is 6.13. The molecule has 6 N–H and O–H groups in total. The number of aliphatic hydroxyl groups is 5. The second-order valence-corrected chi connectivity index (χ2v) is 18.2. The first-order valence-electron chi connectivity index (χ1n) is 20.2. The predicted molar refractivity (Wildman–Crippen MR) is 194 cm³/mol. The molecule has 1 spiro atoms. The maximum atomic E-state index is 14.0. The van der Waals surface area contributed by atoms with Gasteiger partial charge in [0.25, 0.3) is 11.6 Å². The summed E-state index contributed by atoms with van der Waals surface area (Å²) >= 11 is 0. The Balaban J connectivity index is 1.04. The van der Waals surface area contributed by atoms with Gasteiger partial charge in [-0.3, -0.25) is 9.59 Å². The molecular formula is C41H48O19. The number of Topliss-reactive ketones (excluding diaryl/α,β-unsaturated/α-hetero) is 2. The van der Waals surface area contributed by atoms with E-state index in [1.54, 1.807) is 26.0 Å². The number of carbonyl (C=O) groups excluding carboxylic acids is 2. The van der Waals surface area contributed by atoms with Crippen LogP contribution in [0.4, 0.5) is 0 Å². The lowest BCUT2D eigenvalue weighted by atomic mass is 9.55. The molecule has 0 radical (unpaired) electrons. The topological polar surface area (TPSA) is 260 Å². The first kappa shape index (κ1) is 39.7. The summed E-state index contributed by atoms with van der Waals surface area (Å²) in [6.45, 7) is 6.04. The van der Waals surface area contributed by atoms with E-state index in [4.69, 9.17) is 52.1 Å². The van der Waals surface area contributed by atoms with Gasteiger partial charge in [0, 0.05) is 61.8 Å². The molecule has 19 heteroatoms. The summed E-state index contributed by atoms with van der Waals surface area (Å²) in [4.78, 5) is 26.7. The van der Waals surface area contributed by atoms with Crippen LogP contribution in [-0.4, -0.2) is 142 Å². The van der Waals surface area contributed by atoms with E-state index in [1.807, 2.05) is 0 Å². The summed E-state index contributed by atoms with van der Waals surface area (Å²) in [5.41, 5.74) is -4.34. The molecule has 17 atom stereocenters. The van der Waals surface area contributed by atoms with Crippen molar-refractivity contribution in [1.82, 2.24) is 0 Å². The third kappa shape index (κ3) is 4.11. The number of ketones is 2. The smallest absolute Gasteiger partial charge is 0.279 e. The Labute approximate surface area is 342 Å². The highest BCUT2D eigenvalue weighted by Gasteiger charge is 2.94. The number of fused-ring (bicyclic) bond motifs is 10. The number of methoxy groups -OCH3 is 3. The molecule has 0 amide bonds. The van der Waals surface area contributed by atoms with Crippen LogP contribution in [0.15, 0.2) is 12.1 Å². The molecule has 6 heterocycles. The highest BCUT2D eigenvalue weighted by atomic mass is 16.9. The van der Waals surface area contributed by atoms with Crippen LogP contribution in [-0.2, 0) is 47.4 Å². The lowest BCUT2D eigenvalue weighted by Crippen LogP contribution is -2.74. The third-order valence-electron chi connectivity index (χ3n) is 15.8. The van der Waals surface area contributed by atoms with Crippen molar-refractivity contribution >= 4 is 22.3 Å². The maximum Gasteiger partial charge on any atom is 0.279 e. The first-order chi connectivity index (χ1) is 28.3. The Bertz CT molecular complexity index is 2240. The SMILES string of the molecule is COc1c2c(c(O)c3c4c(ccc13)C1OC3(C(OC)OC)OC1C(OC1CC5C(O)(O1)C(C)C5(O)C(C)=O)(O4)C31CO1)C(=O)C(O)CC2OC1CC2(C)C(O)C(C)C2(O)O1. The molecule has 9 aliphatic rings. The van der Waals surface area contributed by atoms with Gasteiger partial charge in [-0.05, 0) is 13.0 Å². The van der Waals surface area contributed by atoms with Crippen LogP contribution in [0.5, 0.6) is 17.2 Å². The predicted octanol–water partition coefficient (Wildman–Crippen LogP) is 0.692. The quantitative estimate of drug-likeness (QED) is 0.150. The number of rotatable bonds is 9.